The van der Waals surface area contributed by atoms with Crippen LogP contribution in [0.1, 0.15) is 30.9 Å². The van der Waals surface area contributed by atoms with Crippen LogP contribution < -0.4 is 10.1 Å². The first-order valence-electron chi connectivity index (χ1n) is 11.3. The second-order valence-electron chi connectivity index (χ2n) is 8.95. The topological polar surface area (TPSA) is 66.6 Å². The van der Waals surface area contributed by atoms with E-state index in [1.54, 1.807) is 0 Å². The number of rotatable bonds is 3. The smallest absolute Gasteiger partial charge is 0.407 e. The van der Waals surface area contributed by atoms with Crippen LogP contribution in [0.15, 0.2) is 48.7 Å². The summed E-state index contributed by atoms with van der Waals surface area (Å²) in [5.41, 5.74) is 4.37. The number of carbonyl (C=O) groups is 1. The van der Waals surface area contributed by atoms with Gasteiger partial charge in [0.05, 0.1) is 12.6 Å². The predicted molar refractivity (Wildman–Crippen MR) is 119 cm³/mol. The second-order valence-corrected chi connectivity index (χ2v) is 8.95. The number of fused-ring (bicyclic) bond motifs is 5. The van der Waals surface area contributed by atoms with Crippen LogP contribution in [-0.2, 0) is 4.74 Å². The largest absolute Gasteiger partial charge is 0.493 e. The Labute approximate surface area is 181 Å². The molecule has 2 aromatic carbocycles. The standard InChI is InChI=1S/C25H27N3O3/c29-25(31-24-15-28-10-6-17(24)7-11-28)27-21-8-12-30-23-14-19(3-4-20(21)23)18-2-1-16-5-9-26-22(16)13-18/h1-5,9,13-14,17,21,24,26H,6-8,10-12,15H2,(H,27,29)/t21?,24-/m0/s1. The van der Waals surface area contributed by atoms with Gasteiger partial charge in [-0.1, -0.05) is 24.3 Å². The highest BCUT2D eigenvalue weighted by molar-refractivity contribution is 5.85. The lowest BCUT2D eigenvalue weighted by Crippen LogP contribution is -2.52. The lowest BCUT2D eigenvalue weighted by atomic mass is 9.86. The summed E-state index contributed by atoms with van der Waals surface area (Å²) in [6.45, 7) is 3.73. The minimum atomic E-state index is -0.308. The van der Waals surface area contributed by atoms with Gasteiger partial charge < -0.3 is 19.8 Å². The Kier molecular flexibility index (Phi) is 4.60. The van der Waals surface area contributed by atoms with Gasteiger partial charge in [-0.15, -0.1) is 0 Å². The van der Waals surface area contributed by atoms with E-state index in [0.29, 0.717) is 12.5 Å². The zero-order chi connectivity index (χ0) is 20.8. The number of alkyl carbamates (subject to hydrolysis) is 1. The van der Waals surface area contributed by atoms with Crippen molar-refractivity contribution in [2.45, 2.75) is 31.4 Å². The summed E-state index contributed by atoms with van der Waals surface area (Å²) in [6, 6.07) is 14.6. The summed E-state index contributed by atoms with van der Waals surface area (Å²) in [6.07, 6.45) is 4.68. The first-order chi connectivity index (χ1) is 15.2. The van der Waals surface area contributed by atoms with E-state index in [1.807, 2.05) is 6.20 Å². The van der Waals surface area contributed by atoms with E-state index in [1.165, 1.54) is 5.39 Å². The number of nitrogens with one attached hydrogen (secondary N) is 2. The Hall–Kier alpha value is -2.99. The Morgan fingerprint density at radius 3 is 2.74 bits per heavy atom. The van der Waals surface area contributed by atoms with Gasteiger partial charge in [0.1, 0.15) is 11.9 Å². The predicted octanol–water partition coefficient (Wildman–Crippen LogP) is 4.48. The van der Waals surface area contributed by atoms with Crippen molar-refractivity contribution in [1.29, 1.82) is 0 Å². The maximum atomic E-state index is 12.7. The molecule has 0 spiro atoms. The average molecular weight is 418 g/mol. The number of aromatic amines is 1. The first-order valence-corrected chi connectivity index (χ1v) is 11.3. The summed E-state index contributed by atoms with van der Waals surface area (Å²) in [7, 11) is 0. The molecule has 4 aliphatic heterocycles. The van der Waals surface area contributed by atoms with Crippen LogP contribution in [0, 0.1) is 5.92 Å². The number of piperidine rings is 3. The van der Waals surface area contributed by atoms with Gasteiger partial charge in [0.25, 0.3) is 0 Å². The van der Waals surface area contributed by atoms with Crippen LogP contribution in [0.5, 0.6) is 5.75 Å². The molecule has 3 aromatic rings. The molecule has 2 bridgehead atoms. The normalized spacial score (nSPS) is 26.8. The second kappa shape index (κ2) is 7.61. The molecule has 3 fully saturated rings. The lowest BCUT2D eigenvalue weighted by molar-refractivity contribution is -0.0342. The fourth-order valence-corrected chi connectivity index (χ4v) is 5.30. The molecule has 160 valence electrons. The molecule has 0 aliphatic carbocycles. The Morgan fingerprint density at radius 1 is 1.06 bits per heavy atom. The molecule has 7 rings (SSSR count). The first kappa shape index (κ1) is 18.8. The summed E-state index contributed by atoms with van der Waals surface area (Å²) < 4.78 is 11.8. The van der Waals surface area contributed by atoms with Gasteiger partial charge >= 0.3 is 6.09 Å². The van der Waals surface area contributed by atoms with E-state index in [-0.39, 0.29) is 18.2 Å². The molecule has 5 heterocycles. The molecule has 4 aliphatic rings. The van der Waals surface area contributed by atoms with Gasteiger partial charge in [0.2, 0.25) is 0 Å². The molecular weight excluding hydrogens is 390 g/mol. The van der Waals surface area contributed by atoms with Crippen LogP contribution in [0.2, 0.25) is 0 Å². The molecule has 6 nitrogen and oxygen atoms in total. The highest BCUT2D eigenvalue weighted by atomic mass is 16.6. The number of nitrogens with zero attached hydrogens (tertiary/aromatic N) is 1. The summed E-state index contributed by atoms with van der Waals surface area (Å²) in [4.78, 5) is 18.3. The molecule has 1 aromatic heterocycles. The van der Waals surface area contributed by atoms with Gasteiger partial charge in [-0.05, 0) is 66.6 Å². The number of benzene rings is 2. The van der Waals surface area contributed by atoms with Gasteiger partial charge in [0, 0.05) is 30.2 Å². The van der Waals surface area contributed by atoms with Gasteiger partial charge in [0.15, 0.2) is 0 Å². The molecule has 2 atom stereocenters. The fourth-order valence-electron chi connectivity index (χ4n) is 5.30. The van der Waals surface area contributed by atoms with Gasteiger partial charge in [-0.3, -0.25) is 4.90 Å². The third-order valence-corrected chi connectivity index (χ3v) is 7.09. The minimum Gasteiger partial charge on any atom is -0.493 e. The zero-order valence-electron chi connectivity index (χ0n) is 17.5. The van der Waals surface area contributed by atoms with Crippen LogP contribution in [0.25, 0.3) is 22.0 Å². The van der Waals surface area contributed by atoms with Crippen LogP contribution in [0.3, 0.4) is 0 Å². The molecule has 0 radical (unpaired) electrons. The van der Waals surface area contributed by atoms with Crippen molar-refractivity contribution in [2.75, 3.05) is 26.2 Å². The summed E-state index contributed by atoms with van der Waals surface area (Å²) in [5.74, 6) is 1.35. The number of amides is 1. The Morgan fingerprint density at radius 2 is 1.90 bits per heavy atom. The van der Waals surface area contributed by atoms with Gasteiger partial charge in [-0.2, -0.15) is 0 Å². The number of hydrogen-bond donors (Lipinski definition) is 2. The average Bonchev–Trinajstić information content (AvgIpc) is 3.28. The molecule has 1 amide bonds. The lowest BCUT2D eigenvalue weighted by Gasteiger charge is -2.44. The third kappa shape index (κ3) is 3.55. The van der Waals surface area contributed by atoms with E-state index in [9.17, 15) is 4.79 Å². The van der Waals surface area contributed by atoms with E-state index in [4.69, 9.17) is 9.47 Å². The van der Waals surface area contributed by atoms with E-state index in [0.717, 1.165) is 66.9 Å². The third-order valence-electron chi connectivity index (χ3n) is 7.09. The highest BCUT2D eigenvalue weighted by Crippen LogP contribution is 2.36. The van der Waals surface area contributed by atoms with Crippen molar-refractivity contribution >= 4 is 17.0 Å². The van der Waals surface area contributed by atoms with Crippen molar-refractivity contribution in [3.8, 4) is 16.9 Å². The Bertz CT molecular complexity index is 1120. The SMILES string of the molecule is O=C(NC1CCOc2cc(-c3ccc4cc[nH]c4c3)ccc21)O[C@H]1CN2CCC1CC2. The van der Waals surface area contributed by atoms with Crippen molar-refractivity contribution in [2.24, 2.45) is 5.92 Å². The van der Waals surface area contributed by atoms with Crippen LogP contribution in [0.4, 0.5) is 4.79 Å². The highest BCUT2D eigenvalue weighted by Gasteiger charge is 2.37. The number of carbonyl (C=O) groups excluding carboxylic acids is 1. The number of ether oxygens (including phenoxy) is 2. The van der Waals surface area contributed by atoms with Crippen molar-refractivity contribution in [3.63, 3.8) is 0 Å². The number of H-pyrrole nitrogens is 1. The van der Waals surface area contributed by atoms with Crippen molar-refractivity contribution in [1.82, 2.24) is 15.2 Å². The summed E-state index contributed by atoms with van der Waals surface area (Å²) >= 11 is 0. The van der Waals surface area contributed by atoms with Gasteiger partial charge in [-0.25, -0.2) is 4.79 Å². The van der Waals surface area contributed by atoms with Crippen molar-refractivity contribution in [3.05, 3.63) is 54.2 Å². The maximum Gasteiger partial charge on any atom is 0.407 e. The monoisotopic (exact) mass is 417 g/mol. The van der Waals surface area contributed by atoms with Crippen molar-refractivity contribution < 1.29 is 14.3 Å². The number of hydrogen-bond acceptors (Lipinski definition) is 4. The fraction of sp³-hybridized carbons (Fsp3) is 0.400. The zero-order valence-corrected chi connectivity index (χ0v) is 17.5. The molecule has 0 saturated carbocycles. The minimum absolute atomic E-state index is 0.0205. The molecule has 2 N–H and O–H groups in total. The van der Waals surface area contributed by atoms with E-state index >= 15 is 0 Å². The van der Waals surface area contributed by atoms with E-state index in [2.05, 4.69) is 57.7 Å². The molecule has 1 unspecified atom stereocenters. The Balaban J connectivity index is 1.18. The van der Waals surface area contributed by atoms with Crippen LogP contribution in [-0.4, -0.2) is 48.3 Å². The van der Waals surface area contributed by atoms with Crippen LogP contribution >= 0.6 is 0 Å². The van der Waals surface area contributed by atoms with E-state index < -0.39 is 0 Å². The maximum absolute atomic E-state index is 12.7. The molecule has 31 heavy (non-hydrogen) atoms. The molecule has 6 heteroatoms. The summed E-state index contributed by atoms with van der Waals surface area (Å²) in [5, 5.41) is 4.30. The quantitative estimate of drug-likeness (QED) is 0.660. The molecular formula is C25H27N3O3. The number of aromatic nitrogens is 1. The molecule has 3 saturated heterocycles.